The van der Waals surface area contributed by atoms with Crippen LogP contribution in [0.15, 0.2) is 0 Å². The third-order valence-electron chi connectivity index (χ3n) is 3.45. The fraction of sp³-hybridized carbons (Fsp3) is 1.00. The smallest absolute Gasteiger partial charge is 0.154 e. The van der Waals surface area contributed by atoms with E-state index < -0.39 is 0 Å². The van der Waals surface area contributed by atoms with Crippen LogP contribution in [0.3, 0.4) is 0 Å². The zero-order valence-corrected chi connectivity index (χ0v) is 10.5. The number of alkyl halides is 1. The second-order valence-electron chi connectivity index (χ2n) is 4.66. The molecule has 0 aromatic rings. The summed E-state index contributed by atoms with van der Waals surface area (Å²) >= 11 is 3.68. The summed E-state index contributed by atoms with van der Waals surface area (Å²) in [6, 6.07) is 0. The molecule has 2 fully saturated rings. The van der Waals surface area contributed by atoms with Crippen LogP contribution in [-0.2, 0) is 9.47 Å². The maximum absolute atomic E-state index is 5.61. The van der Waals surface area contributed by atoms with Crippen molar-refractivity contribution in [1.29, 1.82) is 0 Å². The Hall–Kier alpha value is 0.400. The fourth-order valence-corrected chi connectivity index (χ4v) is 3.50. The van der Waals surface area contributed by atoms with E-state index in [0.717, 1.165) is 24.0 Å². The zero-order valence-electron chi connectivity index (χ0n) is 8.96. The molecule has 2 rings (SSSR count). The number of hydrogen-bond donors (Lipinski definition) is 0. The highest BCUT2D eigenvalue weighted by Crippen LogP contribution is 2.66. The molecule has 2 atom stereocenters. The SMILES string of the molecule is CCO[C@H](C)OCC1CC2(C1)C[C@@H]2Br. The lowest BCUT2D eigenvalue weighted by Crippen LogP contribution is -2.32. The molecule has 0 bridgehead atoms. The first kappa shape index (κ1) is 10.9. The van der Waals surface area contributed by atoms with Crippen molar-refractivity contribution in [2.45, 2.75) is 44.2 Å². The molecule has 3 heteroatoms. The molecule has 1 spiro atoms. The molecular weight excluding hydrogens is 244 g/mol. The predicted molar refractivity (Wildman–Crippen MR) is 59.5 cm³/mol. The Morgan fingerprint density at radius 2 is 2.00 bits per heavy atom. The van der Waals surface area contributed by atoms with E-state index in [1.54, 1.807) is 0 Å². The molecule has 0 radical (unpaired) electrons. The van der Waals surface area contributed by atoms with Crippen molar-refractivity contribution in [1.82, 2.24) is 0 Å². The van der Waals surface area contributed by atoms with E-state index in [2.05, 4.69) is 15.9 Å². The largest absolute Gasteiger partial charge is 0.353 e. The summed E-state index contributed by atoms with van der Waals surface area (Å²) in [6.07, 6.45) is 4.05. The molecule has 2 saturated carbocycles. The highest BCUT2D eigenvalue weighted by Gasteiger charge is 2.60. The Balaban J connectivity index is 1.56. The Kier molecular flexibility index (Phi) is 3.20. The Bertz CT molecular complexity index is 201. The van der Waals surface area contributed by atoms with Gasteiger partial charge in [0.2, 0.25) is 0 Å². The summed E-state index contributed by atoms with van der Waals surface area (Å²) in [6.45, 7) is 5.59. The van der Waals surface area contributed by atoms with Gasteiger partial charge in [0.1, 0.15) is 0 Å². The van der Waals surface area contributed by atoms with E-state index in [9.17, 15) is 0 Å². The highest BCUT2D eigenvalue weighted by molar-refractivity contribution is 9.09. The third-order valence-corrected chi connectivity index (χ3v) is 4.74. The van der Waals surface area contributed by atoms with Gasteiger partial charge in [-0.2, -0.15) is 0 Å². The average molecular weight is 263 g/mol. The minimum atomic E-state index is -0.0319. The van der Waals surface area contributed by atoms with Crippen LogP contribution in [-0.4, -0.2) is 24.3 Å². The minimum absolute atomic E-state index is 0.0319. The second kappa shape index (κ2) is 4.11. The van der Waals surface area contributed by atoms with Gasteiger partial charge in [-0.25, -0.2) is 0 Å². The molecule has 2 nitrogen and oxygen atoms in total. The van der Waals surface area contributed by atoms with Crippen molar-refractivity contribution in [3.63, 3.8) is 0 Å². The number of halogens is 1. The summed E-state index contributed by atoms with van der Waals surface area (Å²) in [5.74, 6) is 0.778. The lowest BCUT2D eigenvalue weighted by Gasteiger charge is -2.36. The number of rotatable bonds is 5. The topological polar surface area (TPSA) is 18.5 Å². The standard InChI is InChI=1S/C11H19BrO2/c1-3-13-8(2)14-7-9-4-11(5-9)6-10(11)12/h8-10H,3-7H2,1-2H3/t8-,9?,10-,11?/m0/s1. The van der Waals surface area contributed by atoms with Gasteiger partial charge >= 0.3 is 0 Å². The van der Waals surface area contributed by atoms with Crippen LogP contribution in [0, 0.1) is 11.3 Å². The van der Waals surface area contributed by atoms with Gasteiger partial charge in [0, 0.05) is 11.4 Å². The van der Waals surface area contributed by atoms with Crippen molar-refractivity contribution < 1.29 is 9.47 Å². The van der Waals surface area contributed by atoms with E-state index in [1.807, 2.05) is 13.8 Å². The lowest BCUT2D eigenvalue weighted by atomic mass is 9.72. The van der Waals surface area contributed by atoms with Gasteiger partial charge in [-0.1, -0.05) is 15.9 Å². The van der Waals surface area contributed by atoms with E-state index in [4.69, 9.17) is 9.47 Å². The lowest BCUT2D eigenvalue weighted by molar-refractivity contribution is -0.144. The quantitative estimate of drug-likeness (QED) is 0.561. The van der Waals surface area contributed by atoms with Crippen LogP contribution in [0.1, 0.15) is 33.1 Å². The molecule has 0 heterocycles. The monoisotopic (exact) mass is 262 g/mol. The summed E-state index contributed by atoms with van der Waals surface area (Å²) in [5, 5.41) is 0. The Labute approximate surface area is 94.5 Å². The van der Waals surface area contributed by atoms with Gasteiger partial charge < -0.3 is 9.47 Å². The Morgan fingerprint density at radius 3 is 2.50 bits per heavy atom. The molecule has 0 aromatic heterocycles. The predicted octanol–water partition coefficient (Wildman–Crippen LogP) is 2.95. The molecule has 0 N–H and O–H groups in total. The molecule has 82 valence electrons. The highest BCUT2D eigenvalue weighted by atomic mass is 79.9. The van der Waals surface area contributed by atoms with Crippen molar-refractivity contribution in [2.75, 3.05) is 13.2 Å². The molecule has 0 unspecified atom stereocenters. The van der Waals surface area contributed by atoms with Crippen molar-refractivity contribution in [3.8, 4) is 0 Å². The molecule has 0 amide bonds. The number of ether oxygens (including phenoxy) is 2. The van der Waals surface area contributed by atoms with Crippen molar-refractivity contribution >= 4 is 15.9 Å². The first-order valence-corrected chi connectivity index (χ1v) is 6.45. The first-order valence-electron chi connectivity index (χ1n) is 5.53. The molecule has 2 aliphatic rings. The Morgan fingerprint density at radius 1 is 1.36 bits per heavy atom. The average Bonchev–Trinajstić information content (AvgIpc) is 2.72. The molecule has 0 aromatic carbocycles. The van der Waals surface area contributed by atoms with Gasteiger partial charge in [-0.3, -0.25) is 0 Å². The van der Waals surface area contributed by atoms with Crippen molar-refractivity contribution in [2.24, 2.45) is 11.3 Å². The molecular formula is C11H19BrO2. The van der Waals surface area contributed by atoms with Gasteiger partial charge in [0.05, 0.1) is 6.61 Å². The summed E-state index contributed by atoms with van der Waals surface area (Å²) < 4.78 is 10.9. The van der Waals surface area contributed by atoms with Crippen LogP contribution in [0.25, 0.3) is 0 Å². The van der Waals surface area contributed by atoms with E-state index >= 15 is 0 Å². The van der Waals surface area contributed by atoms with Gasteiger partial charge in [0.25, 0.3) is 0 Å². The third kappa shape index (κ3) is 2.15. The fourth-order valence-electron chi connectivity index (χ4n) is 2.48. The second-order valence-corrected chi connectivity index (χ2v) is 5.77. The molecule has 2 aliphatic carbocycles. The van der Waals surface area contributed by atoms with E-state index in [-0.39, 0.29) is 6.29 Å². The summed E-state index contributed by atoms with van der Waals surface area (Å²) in [7, 11) is 0. The molecule has 0 saturated heterocycles. The zero-order chi connectivity index (χ0) is 10.2. The minimum Gasteiger partial charge on any atom is -0.353 e. The maximum Gasteiger partial charge on any atom is 0.154 e. The van der Waals surface area contributed by atoms with Gasteiger partial charge in [-0.05, 0) is 44.4 Å². The maximum atomic E-state index is 5.61. The van der Waals surface area contributed by atoms with Crippen LogP contribution < -0.4 is 0 Å². The van der Waals surface area contributed by atoms with E-state index in [1.165, 1.54) is 19.3 Å². The van der Waals surface area contributed by atoms with Gasteiger partial charge in [0.15, 0.2) is 6.29 Å². The van der Waals surface area contributed by atoms with Crippen LogP contribution in [0.4, 0.5) is 0 Å². The van der Waals surface area contributed by atoms with Crippen LogP contribution in [0.5, 0.6) is 0 Å². The van der Waals surface area contributed by atoms with E-state index in [0.29, 0.717) is 5.41 Å². The van der Waals surface area contributed by atoms with Crippen LogP contribution >= 0.6 is 15.9 Å². The first-order chi connectivity index (χ1) is 6.66. The normalized spacial score (nSPS) is 42.2. The molecule has 0 aliphatic heterocycles. The van der Waals surface area contributed by atoms with Crippen LogP contribution in [0.2, 0.25) is 0 Å². The van der Waals surface area contributed by atoms with Gasteiger partial charge in [-0.15, -0.1) is 0 Å². The summed E-state index contributed by atoms with van der Waals surface area (Å²) in [5.41, 5.74) is 0.683. The summed E-state index contributed by atoms with van der Waals surface area (Å²) in [4.78, 5) is 0.801. The van der Waals surface area contributed by atoms with Crippen molar-refractivity contribution in [3.05, 3.63) is 0 Å². The molecule has 14 heavy (non-hydrogen) atoms. The number of hydrogen-bond acceptors (Lipinski definition) is 2.